The SMILES string of the molecule is CC(C)(C)OC(=O)N1CC[C@@]1(C)COS(=O)(=O)c1ccccc1. The zero-order valence-corrected chi connectivity index (χ0v) is 14.7. The first-order valence-electron chi connectivity index (χ1n) is 7.49. The Hall–Kier alpha value is -1.60. The highest BCUT2D eigenvalue weighted by Crippen LogP contribution is 2.33. The van der Waals surface area contributed by atoms with E-state index < -0.39 is 27.4 Å². The Morgan fingerprint density at radius 1 is 1.26 bits per heavy atom. The van der Waals surface area contributed by atoms with Crippen molar-refractivity contribution in [3.63, 3.8) is 0 Å². The van der Waals surface area contributed by atoms with Gasteiger partial charge in [0, 0.05) is 6.54 Å². The standard InChI is InChI=1S/C16H23NO5S/c1-15(2,3)22-14(18)17-11-10-16(17,4)12-21-23(19,20)13-8-6-5-7-9-13/h5-9H,10-12H2,1-4H3/t16-/m0/s1. The molecule has 2 rings (SSSR count). The quantitative estimate of drug-likeness (QED) is 0.787. The van der Waals surface area contributed by atoms with Gasteiger partial charge >= 0.3 is 6.09 Å². The molecule has 128 valence electrons. The number of rotatable bonds is 4. The maximum Gasteiger partial charge on any atom is 0.410 e. The van der Waals surface area contributed by atoms with E-state index in [9.17, 15) is 13.2 Å². The molecule has 1 fully saturated rings. The molecule has 0 bridgehead atoms. The molecule has 1 amide bonds. The van der Waals surface area contributed by atoms with Gasteiger partial charge in [0.2, 0.25) is 0 Å². The Kier molecular flexibility index (Phi) is 4.73. The van der Waals surface area contributed by atoms with E-state index in [-0.39, 0.29) is 11.5 Å². The average Bonchev–Trinajstić information content (AvgIpc) is 2.42. The Morgan fingerprint density at radius 3 is 2.35 bits per heavy atom. The second-order valence-corrected chi connectivity index (χ2v) is 8.52. The molecule has 6 nitrogen and oxygen atoms in total. The van der Waals surface area contributed by atoms with Crippen molar-refractivity contribution >= 4 is 16.2 Å². The van der Waals surface area contributed by atoms with Gasteiger partial charge in [-0.25, -0.2) is 4.79 Å². The molecule has 0 aromatic heterocycles. The third kappa shape index (κ3) is 4.23. The third-order valence-corrected chi connectivity index (χ3v) is 4.97. The number of ether oxygens (including phenoxy) is 1. The Balaban J connectivity index is 2.01. The van der Waals surface area contributed by atoms with Crippen LogP contribution in [0.25, 0.3) is 0 Å². The van der Waals surface area contributed by atoms with Crippen LogP contribution in [0, 0.1) is 0 Å². The van der Waals surface area contributed by atoms with Crippen LogP contribution in [0.15, 0.2) is 35.2 Å². The minimum absolute atomic E-state index is 0.0938. The molecule has 0 radical (unpaired) electrons. The lowest BCUT2D eigenvalue weighted by Crippen LogP contribution is -2.63. The number of hydrogen-bond donors (Lipinski definition) is 0. The number of likely N-dealkylation sites (tertiary alicyclic amines) is 1. The number of hydrogen-bond acceptors (Lipinski definition) is 5. The van der Waals surface area contributed by atoms with Gasteiger partial charge in [-0.15, -0.1) is 0 Å². The number of nitrogens with zero attached hydrogens (tertiary/aromatic N) is 1. The largest absolute Gasteiger partial charge is 0.444 e. The van der Waals surface area contributed by atoms with E-state index in [0.29, 0.717) is 13.0 Å². The van der Waals surface area contributed by atoms with Crippen molar-refractivity contribution in [1.29, 1.82) is 0 Å². The molecule has 0 spiro atoms. The van der Waals surface area contributed by atoms with Crippen LogP contribution in [-0.4, -0.2) is 43.7 Å². The van der Waals surface area contributed by atoms with Gasteiger partial charge in [-0.2, -0.15) is 8.42 Å². The zero-order valence-electron chi connectivity index (χ0n) is 13.9. The van der Waals surface area contributed by atoms with Gasteiger partial charge < -0.3 is 9.64 Å². The van der Waals surface area contributed by atoms with Crippen LogP contribution in [0.2, 0.25) is 0 Å². The van der Waals surface area contributed by atoms with E-state index in [1.165, 1.54) is 17.0 Å². The highest BCUT2D eigenvalue weighted by atomic mass is 32.2. The number of amides is 1. The highest BCUT2D eigenvalue weighted by molar-refractivity contribution is 7.86. The minimum Gasteiger partial charge on any atom is -0.444 e. The van der Waals surface area contributed by atoms with Crippen molar-refractivity contribution in [2.45, 2.75) is 50.2 Å². The average molecular weight is 341 g/mol. The van der Waals surface area contributed by atoms with Crippen molar-refractivity contribution < 1.29 is 22.1 Å². The summed E-state index contributed by atoms with van der Waals surface area (Å²) in [6, 6.07) is 7.95. The molecular formula is C16H23NO5S. The monoisotopic (exact) mass is 341 g/mol. The van der Waals surface area contributed by atoms with Crippen molar-refractivity contribution in [3.05, 3.63) is 30.3 Å². The van der Waals surface area contributed by atoms with Gasteiger partial charge in [-0.3, -0.25) is 4.18 Å². The van der Waals surface area contributed by atoms with Gasteiger partial charge in [0.15, 0.2) is 0 Å². The van der Waals surface area contributed by atoms with Crippen LogP contribution in [-0.2, 0) is 19.0 Å². The molecule has 7 heteroatoms. The summed E-state index contributed by atoms with van der Waals surface area (Å²) in [4.78, 5) is 13.8. The first-order valence-corrected chi connectivity index (χ1v) is 8.89. The van der Waals surface area contributed by atoms with Crippen LogP contribution in [0.5, 0.6) is 0 Å². The predicted molar refractivity (Wildman–Crippen MR) is 85.5 cm³/mol. The first-order chi connectivity index (χ1) is 10.5. The maximum absolute atomic E-state index is 12.2. The predicted octanol–water partition coefficient (Wildman–Crippen LogP) is 2.79. The van der Waals surface area contributed by atoms with E-state index in [2.05, 4.69) is 0 Å². The van der Waals surface area contributed by atoms with Gasteiger partial charge in [0.05, 0.1) is 17.0 Å². The maximum atomic E-state index is 12.2. The van der Waals surface area contributed by atoms with E-state index in [4.69, 9.17) is 8.92 Å². The lowest BCUT2D eigenvalue weighted by atomic mass is 9.88. The van der Waals surface area contributed by atoms with E-state index in [1.807, 2.05) is 0 Å². The highest BCUT2D eigenvalue weighted by Gasteiger charge is 2.46. The second-order valence-electron chi connectivity index (χ2n) is 6.91. The molecule has 23 heavy (non-hydrogen) atoms. The Bertz CT molecular complexity index is 665. The molecule has 1 aliphatic heterocycles. The molecule has 0 saturated carbocycles. The molecular weight excluding hydrogens is 318 g/mol. The fraction of sp³-hybridized carbons (Fsp3) is 0.562. The zero-order chi connectivity index (χ0) is 17.3. The number of carbonyl (C=O) groups excluding carboxylic acids is 1. The molecule has 0 N–H and O–H groups in total. The van der Waals surface area contributed by atoms with Crippen LogP contribution in [0.3, 0.4) is 0 Å². The first kappa shape index (κ1) is 17.7. The molecule has 1 atom stereocenters. The number of benzene rings is 1. The molecule has 1 heterocycles. The summed E-state index contributed by atoms with van der Waals surface area (Å²) < 4.78 is 34.8. The molecule has 1 aliphatic rings. The molecule has 0 aliphatic carbocycles. The number of carbonyl (C=O) groups is 1. The summed E-state index contributed by atoms with van der Waals surface area (Å²) >= 11 is 0. The van der Waals surface area contributed by atoms with Crippen molar-refractivity contribution in [2.24, 2.45) is 0 Å². The molecule has 0 unspecified atom stereocenters. The fourth-order valence-corrected chi connectivity index (χ4v) is 3.28. The smallest absolute Gasteiger partial charge is 0.410 e. The second kappa shape index (κ2) is 6.13. The van der Waals surface area contributed by atoms with Gasteiger partial charge in [-0.05, 0) is 46.2 Å². The molecule has 1 aromatic carbocycles. The normalized spacial score (nSPS) is 21.7. The summed E-state index contributed by atoms with van der Waals surface area (Å²) in [5, 5.41) is 0. The minimum atomic E-state index is -3.83. The van der Waals surface area contributed by atoms with Crippen molar-refractivity contribution in [3.8, 4) is 0 Å². The summed E-state index contributed by atoms with van der Waals surface area (Å²) in [7, 11) is -3.83. The summed E-state index contributed by atoms with van der Waals surface area (Å²) in [6.45, 7) is 7.60. The Labute approximate surface area is 137 Å². The van der Waals surface area contributed by atoms with E-state index in [0.717, 1.165) is 0 Å². The summed E-state index contributed by atoms with van der Waals surface area (Å²) in [5.74, 6) is 0. The van der Waals surface area contributed by atoms with E-state index in [1.54, 1.807) is 45.9 Å². The molecule has 1 aromatic rings. The lowest BCUT2D eigenvalue weighted by molar-refractivity contribution is -0.0526. The van der Waals surface area contributed by atoms with Gasteiger partial charge in [0.1, 0.15) is 5.60 Å². The third-order valence-electron chi connectivity index (χ3n) is 3.70. The van der Waals surface area contributed by atoms with Crippen molar-refractivity contribution in [1.82, 2.24) is 4.90 Å². The van der Waals surface area contributed by atoms with Gasteiger partial charge in [0.25, 0.3) is 10.1 Å². The van der Waals surface area contributed by atoms with Crippen LogP contribution < -0.4 is 0 Å². The van der Waals surface area contributed by atoms with Crippen LogP contribution >= 0.6 is 0 Å². The summed E-state index contributed by atoms with van der Waals surface area (Å²) in [5.41, 5.74) is -1.27. The van der Waals surface area contributed by atoms with Gasteiger partial charge in [-0.1, -0.05) is 18.2 Å². The van der Waals surface area contributed by atoms with Crippen LogP contribution in [0.1, 0.15) is 34.1 Å². The lowest BCUT2D eigenvalue weighted by Gasteiger charge is -2.49. The fourth-order valence-electron chi connectivity index (χ4n) is 2.24. The van der Waals surface area contributed by atoms with Crippen LogP contribution in [0.4, 0.5) is 4.79 Å². The topological polar surface area (TPSA) is 72.9 Å². The Morgan fingerprint density at radius 2 is 1.87 bits per heavy atom. The summed E-state index contributed by atoms with van der Waals surface area (Å²) in [6.07, 6.45) is 0.211. The van der Waals surface area contributed by atoms with E-state index >= 15 is 0 Å². The van der Waals surface area contributed by atoms with Crippen molar-refractivity contribution in [2.75, 3.05) is 13.2 Å². The molecule has 1 saturated heterocycles.